The van der Waals surface area contributed by atoms with E-state index in [4.69, 9.17) is 18.3 Å². The van der Waals surface area contributed by atoms with Crippen LogP contribution in [0.4, 0.5) is 0 Å². The van der Waals surface area contributed by atoms with Gasteiger partial charge in [-0.15, -0.1) is 0 Å². The summed E-state index contributed by atoms with van der Waals surface area (Å²) >= 11 is 0. The number of hydrogen-bond acceptors (Lipinski definition) is 5. The fourth-order valence-electron chi connectivity index (χ4n) is 3.79. The van der Waals surface area contributed by atoms with E-state index in [2.05, 4.69) is 27.7 Å². The number of nitrogens with zero attached hydrogens (tertiary/aromatic N) is 1. The summed E-state index contributed by atoms with van der Waals surface area (Å²) in [7, 11) is 2.54. The van der Waals surface area contributed by atoms with E-state index >= 15 is 0 Å². The van der Waals surface area contributed by atoms with E-state index in [0.29, 0.717) is 38.0 Å². The lowest BCUT2D eigenvalue weighted by atomic mass is 9.83. The highest BCUT2D eigenvalue weighted by Gasteiger charge is 2.25. The SMILES string of the molecule is [2H]C([2H])([2H])Oc1ccc(C(O)C(CC=CC[C@H](C(=O)N(C)C)C(C)C)C(C)C)cc1OCCCOC. The molecule has 0 saturated heterocycles. The summed E-state index contributed by atoms with van der Waals surface area (Å²) in [5, 5.41) is 11.2. The van der Waals surface area contributed by atoms with E-state index in [0.717, 1.165) is 0 Å². The highest BCUT2D eigenvalue weighted by Crippen LogP contribution is 2.36. The molecule has 0 saturated carbocycles. The molecule has 3 atom stereocenters. The summed E-state index contributed by atoms with van der Waals surface area (Å²) in [6.45, 7) is 9.05. The van der Waals surface area contributed by atoms with E-state index in [1.807, 2.05) is 12.2 Å². The minimum absolute atomic E-state index is 0.0812. The van der Waals surface area contributed by atoms with E-state index in [1.165, 1.54) is 6.07 Å². The zero-order valence-electron chi connectivity index (χ0n) is 24.3. The molecule has 1 aromatic carbocycles. The van der Waals surface area contributed by atoms with Gasteiger partial charge >= 0.3 is 0 Å². The van der Waals surface area contributed by atoms with Crippen molar-refractivity contribution in [2.45, 2.75) is 53.1 Å². The van der Waals surface area contributed by atoms with Crippen LogP contribution in [0, 0.1) is 23.7 Å². The molecule has 6 nitrogen and oxygen atoms in total. The predicted molar refractivity (Wildman–Crippen MR) is 134 cm³/mol. The van der Waals surface area contributed by atoms with Gasteiger partial charge in [-0.05, 0) is 48.3 Å². The highest BCUT2D eigenvalue weighted by atomic mass is 16.5. The summed E-state index contributed by atoms with van der Waals surface area (Å²) in [6, 6.07) is 4.86. The van der Waals surface area contributed by atoms with Crippen molar-refractivity contribution in [1.82, 2.24) is 4.90 Å². The number of amides is 1. The van der Waals surface area contributed by atoms with Crippen molar-refractivity contribution >= 4 is 5.91 Å². The Balaban J connectivity index is 3.04. The molecule has 188 valence electrons. The number of aliphatic hydroxyl groups excluding tert-OH is 1. The van der Waals surface area contributed by atoms with Gasteiger partial charge in [-0.3, -0.25) is 4.79 Å². The smallest absolute Gasteiger partial charge is 0.225 e. The maximum Gasteiger partial charge on any atom is 0.225 e. The first-order valence-electron chi connectivity index (χ1n) is 13.3. The first-order valence-corrected chi connectivity index (χ1v) is 11.8. The Kier molecular flexibility index (Phi) is 10.9. The zero-order valence-corrected chi connectivity index (χ0v) is 21.3. The number of ether oxygens (including phenoxy) is 3. The van der Waals surface area contributed by atoms with Crippen molar-refractivity contribution in [3.63, 3.8) is 0 Å². The number of aliphatic hydroxyl groups is 1. The summed E-state index contributed by atoms with van der Waals surface area (Å²) < 4.78 is 38.2. The second kappa shape index (κ2) is 15.0. The Morgan fingerprint density at radius 2 is 1.79 bits per heavy atom. The number of hydrogen-bond donors (Lipinski definition) is 1. The largest absolute Gasteiger partial charge is 0.493 e. The molecule has 0 spiro atoms. The third kappa shape index (κ3) is 9.38. The monoisotopic (exact) mass is 466 g/mol. The molecular weight excluding hydrogens is 418 g/mol. The van der Waals surface area contributed by atoms with Crippen LogP contribution in [0.5, 0.6) is 11.5 Å². The molecule has 0 aliphatic carbocycles. The summed E-state index contributed by atoms with van der Waals surface area (Å²) in [4.78, 5) is 14.1. The van der Waals surface area contributed by atoms with Gasteiger partial charge in [0.1, 0.15) is 0 Å². The van der Waals surface area contributed by atoms with E-state index < -0.39 is 13.1 Å². The van der Waals surface area contributed by atoms with Crippen molar-refractivity contribution in [2.75, 3.05) is 41.5 Å². The molecular formula is C27H45NO5. The van der Waals surface area contributed by atoms with Crippen LogP contribution >= 0.6 is 0 Å². The molecule has 0 heterocycles. The van der Waals surface area contributed by atoms with Gasteiger partial charge in [0.15, 0.2) is 11.5 Å². The van der Waals surface area contributed by atoms with Crippen LogP contribution < -0.4 is 9.47 Å². The lowest BCUT2D eigenvalue weighted by molar-refractivity contribution is -0.134. The average molecular weight is 467 g/mol. The first kappa shape index (κ1) is 24.1. The van der Waals surface area contributed by atoms with Gasteiger partial charge in [0, 0.05) is 40.2 Å². The Morgan fingerprint density at radius 3 is 2.36 bits per heavy atom. The van der Waals surface area contributed by atoms with Gasteiger partial charge in [-0.1, -0.05) is 45.9 Å². The Labute approximate surface area is 205 Å². The minimum Gasteiger partial charge on any atom is -0.493 e. The number of carbonyl (C=O) groups is 1. The van der Waals surface area contributed by atoms with Crippen LogP contribution in [-0.4, -0.2) is 57.4 Å². The molecule has 1 amide bonds. The molecule has 1 rings (SSSR count). The number of rotatable bonds is 15. The number of benzene rings is 1. The molecule has 2 unspecified atom stereocenters. The summed E-state index contributed by atoms with van der Waals surface area (Å²) in [5.41, 5.74) is 0.629. The van der Waals surface area contributed by atoms with Gasteiger partial charge in [0.2, 0.25) is 5.91 Å². The second-order valence-electron chi connectivity index (χ2n) is 9.38. The van der Waals surface area contributed by atoms with Crippen molar-refractivity contribution in [2.24, 2.45) is 23.7 Å². The molecule has 0 aliphatic heterocycles. The topological polar surface area (TPSA) is 68.2 Å². The second-order valence-corrected chi connectivity index (χ2v) is 9.38. The fourth-order valence-corrected chi connectivity index (χ4v) is 3.79. The van der Waals surface area contributed by atoms with E-state index in [1.54, 1.807) is 38.2 Å². The van der Waals surface area contributed by atoms with Crippen molar-refractivity contribution in [1.29, 1.82) is 0 Å². The Hall–Kier alpha value is -2.05. The fraction of sp³-hybridized carbons (Fsp3) is 0.667. The lowest BCUT2D eigenvalue weighted by Crippen LogP contribution is -2.32. The lowest BCUT2D eigenvalue weighted by Gasteiger charge is -2.26. The van der Waals surface area contributed by atoms with Crippen molar-refractivity contribution in [3.8, 4) is 11.5 Å². The van der Waals surface area contributed by atoms with Gasteiger partial charge in [-0.2, -0.15) is 0 Å². The molecule has 0 aliphatic rings. The van der Waals surface area contributed by atoms with Gasteiger partial charge in [0.25, 0.3) is 0 Å². The first-order chi connectivity index (χ1) is 16.8. The summed E-state index contributed by atoms with van der Waals surface area (Å²) in [6.07, 6.45) is 5.20. The summed E-state index contributed by atoms with van der Waals surface area (Å²) in [5.74, 6) is 0.745. The predicted octanol–water partition coefficient (Wildman–Crippen LogP) is 5.11. The van der Waals surface area contributed by atoms with Gasteiger partial charge < -0.3 is 24.2 Å². The van der Waals surface area contributed by atoms with Crippen LogP contribution in [0.3, 0.4) is 0 Å². The molecule has 1 aromatic rings. The standard InChI is InChI=1S/C27H45NO5/c1-19(2)22(12-9-10-13-23(20(3)4)27(30)28(5)6)26(29)21-14-15-24(32-8)25(18-21)33-17-11-16-31-7/h9-10,14-15,18-20,22-23,26,29H,11-13,16-17H2,1-8H3/t22?,23-,26?/m0/s1/i8D3. The maximum absolute atomic E-state index is 12.5. The van der Waals surface area contributed by atoms with Gasteiger partial charge in [0.05, 0.1) is 23.9 Å². The maximum atomic E-state index is 12.5. The third-order valence-electron chi connectivity index (χ3n) is 5.96. The van der Waals surface area contributed by atoms with Crippen LogP contribution in [-0.2, 0) is 9.53 Å². The third-order valence-corrected chi connectivity index (χ3v) is 5.96. The van der Waals surface area contributed by atoms with Crippen LogP contribution in [0.2, 0.25) is 0 Å². The Bertz CT molecular complexity index is 824. The van der Waals surface area contributed by atoms with Crippen LogP contribution in [0.1, 0.15) is 62.7 Å². The van der Waals surface area contributed by atoms with Crippen molar-refractivity contribution < 1.29 is 28.2 Å². The number of carbonyl (C=O) groups excluding carboxylic acids is 1. The molecule has 33 heavy (non-hydrogen) atoms. The number of methoxy groups -OCH3 is 2. The molecule has 0 fully saturated rings. The molecule has 0 radical (unpaired) electrons. The normalized spacial score (nSPS) is 16.2. The zero-order chi connectivity index (χ0) is 27.5. The van der Waals surface area contributed by atoms with Crippen molar-refractivity contribution in [3.05, 3.63) is 35.9 Å². The molecule has 1 N–H and O–H groups in total. The molecule has 6 heteroatoms. The van der Waals surface area contributed by atoms with E-state index in [-0.39, 0.29) is 41.1 Å². The number of allylic oxidation sites excluding steroid dienone is 2. The highest BCUT2D eigenvalue weighted by molar-refractivity contribution is 5.78. The van der Waals surface area contributed by atoms with Crippen LogP contribution in [0.15, 0.2) is 30.4 Å². The minimum atomic E-state index is -2.61. The Morgan fingerprint density at radius 1 is 1.09 bits per heavy atom. The molecule has 0 aromatic heterocycles. The van der Waals surface area contributed by atoms with Crippen LogP contribution in [0.25, 0.3) is 0 Å². The van der Waals surface area contributed by atoms with E-state index in [9.17, 15) is 9.90 Å². The average Bonchev–Trinajstić information content (AvgIpc) is 2.77. The van der Waals surface area contributed by atoms with Gasteiger partial charge in [-0.25, -0.2) is 0 Å². The quantitative estimate of drug-likeness (QED) is 0.287. The molecule has 0 bridgehead atoms.